The number of hydrogen-bond acceptors (Lipinski definition) is 4. The smallest absolute Gasteiger partial charge is 0.336 e. The number of nitrogens with one attached hydrogen (secondary N) is 1. The predicted octanol–water partition coefficient (Wildman–Crippen LogP) is 3.38. The van der Waals surface area contributed by atoms with Gasteiger partial charge >= 0.3 is 5.97 Å². The molecule has 0 aliphatic heterocycles. The summed E-state index contributed by atoms with van der Waals surface area (Å²) < 4.78 is 0. The molecule has 5 heteroatoms. The molecule has 0 radical (unpaired) electrons. The van der Waals surface area contributed by atoms with Gasteiger partial charge in [0.2, 0.25) is 0 Å². The number of carboxylic acids is 1. The minimum atomic E-state index is -0.981. The molecule has 0 unspecified atom stereocenters. The first-order valence-corrected chi connectivity index (χ1v) is 6.71. The summed E-state index contributed by atoms with van der Waals surface area (Å²) in [5.74, 6) is -0.354. The maximum Gasteiger partial charge on any atom is 0.336 e. The largest absolute Gasteiger partial charge is 0.478 e. The van der Waals surface area contributed by atoms with Crippen molar-refractivity contribution in [1.82, 2.24) is 4.98 Å². The number of carbonyl (C=O) groups is 1. The van der Waals surface area contributed by atoms with Crippen LogP contribution in [0.25, 0.3) is 10.8 Å². The van der Waals surface area contributed by atoms with Crippen molar-refractivity contribution in [2.45, 2.75) is 0 Å². The van der Waals surface area contributed by atoms with E-state index < -0.39 is 5.97 Å². The van der Waals surface area contributed by atoms with Gasteiger partial charge in [-0.2, -0.15) is 5.10 Å². The summed E-state index contributed by atoms with van der Waals surface area (Å²) in [5, 5.41) is 15.2. The molecule has 22 heavy (non-hydrogen) atoms. The van der Waals surface area contributed by atoms with Gasteiger partial charge in [-0.1, -0.05) is 42.5 Å². The van der Waals surface area contributed by atoms with E-state index in [0.717, 1.165) is 10.8 Å². The Morgan fingerprint density at radius 1 is 1.09 bits per heavy atom. The Morgan fingerprint density at radius 3 is 2.73 bits per heavy atom. The van der Waals surface area contributed by atoms with Gasteiger partial charge in [0.25, 0.3) is 0 Å². The number of rotatable bonds is 4. The lowest BCUT2D eigenvalue weighted by Crippen LogP contribution is -2.02. The molecule has 0 aliphatic carbocycles. The molecular weight excluding hydrogens is 278 g/mol. The van der Waals surface area contributed by atoms with Crippen molar-refractivity contribution in [3.8, 4) is 0 Å². The van der Waals surface area contributed by atoms with Gasteiger partial charge in [-0.25, -0.2) is 9.78 Å². The van der Waals surface area contributed by atoms with Crippen LogP contribution in [0.1, 0.15) is 15.9 Å². The van der Waals surface area contributed by atoms with E-state index in [0.29, 0.717) is 11.4 Å². The molecule has 0 spiro atoms. The van der Waals surface area contributed by atoms with Crippen molar-refractivity contribution in [2.24, 2.45) is 5.10 Å². The number of aromatic carboxylic acids is 1. The Balaban J connectivity index is 1.87. The first-order valence-electron chi connectivity index (χ1n) is 6.71. The fourth-order valence-electron chi connectivity index (χ4n) is 2.18. The Kier molecular flexibility index (Phi) is 3.78. The Hall–Kier alpha value is -3.21. The van der Waals surface area contributed by atoms with E-state index in [1.54, 1.807) is 30.5 Å². The molecular formula is C17H13N3O2. The zero-order chi connectivity index (χ0) is 15.4. The molecule has 0 bridgehead atoms. The maximum absolute atomic E-state index is 11.1. The second-order valence-corrected chi connectivity index (χ2v) is 4.64. The van der Waals surface area contributed by atoms with E-state index >= 15 is 0 Å². The summed E-state index contributed by atoms with van der Waals surface area (Å²) in [6.07, 6.45) is 3.18. The lowest BCUT2D eigenvalue weighted by atomic mass is 10.1. The van der Waals surface area contributed by atoms with Crippen LogP contribution in [0.15, 0.2) is 65.9 Å². The highest BCUT2D eigenvalue weighted by Crippen LogP contribution is 2.20. The molecule has 0 amide bonds. The topological polar surface area (TPSA) is 74.6 Å². The second kappa shape index (κ2) is 6.05. The summed E-state index contributed by atoms with van der Waals surface area (Å²) in [4.78, 5) is 15.4. The van der Waals surface area contributed by atoms with Crippen molar-refractivity contribution in [2.75, 3.05) is 5.43 Å². The number of carboxylic acid groups (broad SMARTS) is 1. The van der Waals surface area contributed by atoms with Crippen LogP contribution in [0.2, 0.25) is 0 Å². The van der Waals surface area contributed by atoms with Gasteiger partial charge in [0.1, 0.15) is 0 Å². The Labute approximate surface area is 126 Å². The van der Waals surface area contributed by atoms with Gasteiger partial charge in [-0.3, -0.25) is 5.43 Å². The quantitative estimate of drug-likeness (QED) is 0.571. The average Bonchev–Trinajstić information content (AvgIpc) is 2.55. The molecule has 1 aromatic heterocycles. The Bertz CT molecular complexity index is 854. The minimum Gasteiger partial charge on any atom is -0.478 e. The average molecular weight is 291 g/mol. The second-order valence-electron chi connectivity index (χ2n) is 4.64. The van der Waals surface area contributed by atoms with Crippen molar-refractivity contribution in [3.05, 3.63) is 71.9 Å². The molecule has 2 aromatic carbocycles. The van der Waals surface area contributed by atoms with Gasteiger partial charge in [0.15, 0.2) is 5.82 Å². The third-order valence-corrected chi connectivity index (χ3v) is 3.24. The highest BCUT2D eigenvalue weighted by molar-refractivity contribution is 5.98. The van der Waals surface area contributed by atoms with Crippen LogP contribution < -0.4 is 5.43 Å². The molecule has 3 aromatic rings. The molecule has 0 atom stereocenters. The molecule has 0 saturated carbocycles. The van der Waals surface area contributed by atoms with E-state index in [9.17, 15) is 4.79 Å². The highest BCUT2D eigenvalue weighted by Gasteiger charge is 2.06. The number of hydrogen-bond donors (Lipinski definition) is 2. The van der Waals surface area contributed by atoms with Crippen LogP contribution in [-0.2, 0) is 0 Å². The first kappa shape index (κ1) is 13.8. The highest BCUT2D eigenvalue weighted by atomic mass is 16.4. The van der Waals surface area contributed by atoms with E-state index in [1.807, 2.05) is 30.3 Å². The van der Waals surface area contributed by atoms with Gasteiger partial charge in [0, 0.05) is 17.1 Å². The van der Waals surface area contributed by atoms with Crippen molar-refractivity contribution in [3.63, 3.8) is 0 Å². The molecule has 3 rings (SSSR count). The summed E-state index contributed by atoms with van der Waals surface area (Å²) in [6, 6.07) is 16.4. The number of fused-ring (bicyclic) bond motifs is 1. The summed E-state index contributed by atoms with van der Waals surface area (Å²) in [6.45, 7) is 0. The summed E-state index contributed by atoms with van der Waals surface area (Å²) in [7, 11) is 0. The molecule has 108 valence electrons. The molecule has 5 nitrogen and oxygen atoms in total. The number of benzene rings is 2. The standard InChI is InChI=1S/C17H13N3O2/c21-17(22)15-8-4-2-6-13(15)11-19-20-16-14-7-3-1-5-12(14)9-10-18-16/h1-11H,(H,18,20)(H,21,22). The van der Waals surface area contributed by atoms with Gasteiger partial charge in [0.05, 0.1) is 11.8 Å². The third-order valence-electron chi connectivity index (χ3n) is 3.24. The molecule has 2 N–H and O–H groups in total. The van der Waals surface area contributed by atoms with Crippen LogP contribution >= 0.6 is 0 Å². The van der Waals surface area contributed by atoms with Crippen molar-refractivity contribution >= 4 is 28.8 Å². The third kappa shape index (κ3) is 2.78. The van der Waals surface area contributed by atoms with Crippen LogP contribution in [0.4, 0.5) is 5.82 Å². The molecule has 0 saturated heterocycles. The van der Waals surface area contributed by atoms with Crippen molar-refractivity contribution < 1.29 is 9.90 Å². The summed E-state index contributed by atoms with van der Waals surface area (Å²) >= 11 is 0. The maximum atomic E-state index is 11.1. The lowest BCUT2D eigenvalue weighted by Gasteiger charge is -2.04. The van der Waals surface area contributed by atoms with Crippen LogP contribution in [0, 0.1) is 0 Å². The first-order chi connectivity index (χ1) is 10.8. The van der Waals surface area contributed by atoms with E-state index in [2.05, 4.69) is 15.5 Å². The van der Waals surface area contributed by atoms with Crippen LogP contribution in [0.3, 0.4) is 0 Å². The number of pyridine rings is 1. The lowest BCUT2D eigenvalue weighted by molar-refractivity contribution is 0.0697. The minimum absolute atomic E-state index is 0.207. The Morgan fingerprint density at radius 2 is 1.86 bits per heavy atom. The number of hydrazone groups is 1. The van der Waals surface area contributed by atoms with Gasteiger partial charge in [-0.05, 0) is 17.5 Å². The van der Waals surface area contributed by atoms with Gasteiger partial charge < -0.3 is 5.11 Å². The summed E-state index contributed by atoms with van der Waals surface area (Å²) in [5.41, 5.74) is 3.61. The van der Waals surface area contributed by atoms with Crippen LogP contribution in [-0.4, -0.2) is 22.3 Å². The molecule has 0 aliphatic rings. The van der Waals surface area contributed by atoms with E-state index in [4.69, 9.17) is 5.11 Å². The fraction of sp³-hybridized carbons (Fsp3) is 0. The van der Waals surface area contributed by atoms with E-state index in [-0.39, 0.29) is 5.56 Å². The number of aromatic nitrogens is 1. The van der Waals surface area contributed by atoms with Crippen LogP contribution in [0.5, 0.6) is 0 Å². The molecule has 1 heterocycles. The predicted molar refractivity (Wildman–Crippen MR) is 86.4 cm³/mol. The SMILES string of the molecule is O=C(O)c1ccccc1C=NNc1nccc2ccccc12. The zero-order valence-electron chi connectivity index (χ0n) is 11.6. The van der Waals surface area contributed by atoms with Gasteiger partial charge in [-0.15, -0.1) is 0 Å². The number of nitrogens with zero attached hydrogens (tertiary/aromatic N) is 2. The fourth-order valence-corrected chi connectivity index (χ4v) is 2.18. The molecule has 0 fully saturated rings. The normalized spacial score (nSPS) is 10.9. The van der Waals surface area contributed by atoms with E-state index in [1.165, 1.54) is 6.21 Å². The van der Waals surface area contributed by atoms with Crippen molar-refractivity contribution in [1.29, 1.82) is 0 Å². The zero-order valence-corrected chi connectivity index (χ0v) is 11.6. The number of anilines is 1. The monoisotopic (exact) mass is 291 g/mol.